The van der Waals surface area contributed by atoms with Crippen LogP contribution >= 0.6 is 0 Å². The Labute approximate surface area is 90.2 Å². The third-order valence-corrected chi connectivity index (χ3v) is 1.94. The number of rotatable bonds is 1. The number of fused-ring (bicyclic) bond motifs is 1. The van der Waals surface area contributed by atoms with E-state index in [0.717, 1.165) is 12.3 Å². The third-order valence-electron chi connectivity index (χ3n) is 1.94. The SMILES string of the molecule is O=[N+]([O-])c1cnc2nc(C(F)(F)F)n(O)c2c1. The van der Waals surface area contributed by atoms with E-state index in [1.54, 1.807) is 0 Å². The van der Waals surface area contributed by atoms with Crippen molar-refractivity contribution in [3.8, 4) is 0 Å². The lowest BCUT2D eigenvalue weighted by Crippen LogP contribution is -2.13. The van der Waals surface area contributed by atoms with E-state index in [9.17, 15) is 28.5 Å². The highest BCUT2D eigenvalue weighted by Crippen LogP contribution is 2.30. The molecule has 0 bridgehead atoms. The zero-order valence-corrected chi connectivity index (χ0v) is 7.84. The predicted octanol–water partition coefficient (Wildman–Crippen LogP) is 1.60. The third kappa shape index (κ3) is 1.73. The van der Waals surface area contributed by atoms with Gasteiger partial charge in [-0.25, -0.2) is 9.97 Å². The molecule has 0 saturated carbocycles. The smallest absolute Gasteiger partial charge is 0.426 e. The van der Waals surface area contributed by atoms with Gasteiger partial charge in [0.15, 0.2) is 5.65 Å². The minimum atomic E-state index is -4.87. The fraction of sp³-hybridized carbons (Fsp3) is 0.143. The molecule has 0 amide bonds. The molecule has 0 atom stereocenters. The van der Waals surface area contributed by atoms with Crippen LogP contribution < -0.4 is 0 Å². The number of hydrogen-bond donors (Lipinski definition) is 1. The molecule has 0 radical (unpaired) electrons. The highest BCUT2D eigenvalue weighted by atomic mass is 19.4. The number of alkyl halides is 3. The van der Waals surface area contributed by atoms with E-state index in [1.165, 1.54) is 0 Å². The fourth-order valence-corrected chi connectivity index (χ4v) is 1.22. The van der Waals surface area contributed by atoms with Crippen molar-refractivity contribution in [1.29, 1.82) is 0 Å². The Bertz CT molecular complexity index is 606. The van der Waals surface area contributed by atoms with Gasteiger partial charge in [0.2, 0.25) is 0 Å². The normalized spacial score (nSPS) is 11.9. The lowest BCUT2D eigenvalue weighted by Gasteiger charge is -2.03. The van der Waals surface area contributed by atoms with Crippen LogP contribution in [0.2, 0.25) is 0 Å². The van der Waals surface area contributed by atoms with Gasteiger partial charge in [-0.3, -0.25) is 10.1 Å². The molecule has 0 unspecified atom stereocenters. The zero-order chi connectivity index (χ0) is 12.8. The van der Waals surface area contributed by atoms with Crippen LogP contribution in [0, 0.1) is 10.1 Å². The van der Waals surface area contributed by atoms with Gasteiger partial charge in [0, 0.05) is 6.07 Å². The van der Waals surface area contributed by atoms with Crippen LogP contribution in [0.15, 0.2) is 12.3 Å². The minimum absolute atomic E-state index is 0.269. The predicted molar refractivity (Wildman–Crippen MR) is 46.4 cm³/mol. The van der Waals surface area contributed by atoms with Crippen LogP contribution in [0.4, 0.5) is 18.9 Å². The fourth-order valence-electron chi connectivity index (χ4n) is 1.22. The summed E-state index contributed by atoms with van der Waals surface area (Å²) in [5.74, 6) is -1.58. The van der Waals surface area contributed by atoms with Gasteiger partial charge in [-0.1, -0.05) is 0 Å². The summed E-state index contributed by atoms with van der Waals surface area (Å²) >= 11 is 0. The van der Waals surface area contributed by atoms with Crippen LogP contribution in [-0.4, -0.2) is 24.8 Å². The molecule has 0 aliphatic rings. The molecule has 1 N–H and O–H groups in total. The Morgan fingerprint density at radius 2 is 2.12 bits per heavy atom. The first kappa shape index (κ1) is 11.1. The Balaban J connectivity index is 2.71. The molecule has 90 valence electrons. The Hall–Kier alpha value is -2.39. The molecule has 0 fully saturated rings. The number of hydrogen-bond acceptors (Lipinski definition) is 5. The van der Waals surface area contributed by atoms with Gasteiger partial charge in [-0.2, -0.15) is 17.9 Å². The second-order valence-corrected chi connectivity index (χ2v) is 3.04. The van der Waals surface area contributed by atoms with Gasteiger partial charge in [0.1, 0.15) is 11.7 Å². The second-order valence-electron chi connectivity index (χ2n) is 3.04. The Morgan fingerprint density at radius 3 is 2.65 bits per heavy atom. The standard InChI is InChI=1S/C7H3F3N4O3/c8-7(9,10)6-12-5-4(13(6)15)1-3(2-11-5)14(16)17/h1-2,15H. The van der Waals surface area contributed by atoms with Crippen LogP contribution in [0.5, 0.6) is 0 Å². The monoisotopic (exact) mass is 248 g/mol. The number of nitro groups is 1. The van der Waals surface area contributed by atoms with Crippen LogP contribution in [0.1, 0.15) is 5.82 Å². The van der Waals surface area contributed by atoms with Crippen molar-refractivity contribution in [3.05, 3.63) is 28.2 Å². The van der Waals surface area contributed by atoms with Crippen molar-refractivity contribution in [2.24, 2.45) is 0 Å². The molecule has 0 spiro atoms. The van der Waals surface area contributed by atoms with Crippen molar-refractivity contribution in [2.75, 3.05) is 0 Å². The van der Waals surface area contributed by atoms with E-state index >= 15 is 0 Å². The molecule has 0 saturated heterocycles. The first-order valence-corrected chi connectivity index (χ1v) is 4.10. The lowest BCUT2D eigenvalue weighted by atomic mass is 10.4. The van der Waals surface area contributed by atoms with Crippen LogP contribution in [0.25, 0.3) is 11.2 Å². The van der Waals surface area contributed by atoms with Gasteiger partial charge in [-0.15, -0.1) is 0 Å². The Kier molecular flexibility index (Phi) is 2.16. The highest BCUT2D eigenvalue weighted by molar-refractivity contribution is 5.73. The average molecular weight is 248 g/mol. The van der Waals surface area contributed by atoms with Crippen molar-refractivity contribution in [1.82, 2.24) is 14.7 Å². The summed E-state index contributed by atoms with van der Waals surface area (Å²) in [5.41, 5.74) is -1.45. The maximum atomic E-state index is 12.3. The van der Waals surface area contributed by atoms with Crippen molar-refractivity contribution >= 4 is 16.9 Å². The van der Waals surface area contributed by atoms with E-state index in [-0.39, 0.29) is 4.73 Å². The molecule has 2 aromatic heterocycles. The molecule has 2 aromatic rings. The van der Waals surface area contributed by atoms with E-state index in [0.29, 0.717) is 0 Å². The average Bonchev–Trinajstić information content (AvgIpc) is 2.55. The van der Waals surface area contributed by atoms with Crippen LogP contribution in [0.3, 0.4) is 0 Å². The topological polar surface area (TPSA) is 94.1 Å². The van der Waals surface area contributed by atoms with E-state index in [1.807, 2.05) is 0 Å². The minimum Gasteiger partial charge on any atom is -0.426 e. The largest absolute Gasteiger partial charge is 0.453 e. The van der Waals surface area contributed by atoms with Gasteiger partial charge in [0.05, 0.1) is 4.92 Å². The summed E-state index contributed by atoms with van der Waals surface area (Å²) in [7, 11) is 0. The number of imidazole rings is 1. The second kappa shape index (κ2) is 3.30. The molecular formula is C7H3F3N4O3. The maximum absolute atomic E-state index is 12.3. The molecule has 2 heterocycles. The molecule has 2 rings (SSSR count). The molecule has 0 aliphatic carbocycles. The highest BCUT2D eigenvalue weighted by Gasteiger charge is 2.38. The summed E-state index contributed by atoms with van der Waals surface area (Å²) in [4.78, 5) is 16.0. The quantitative estimate of drug-likeness (QED) is 0.469. The summed E-state index contributed by atoms with van der Waals surface area (Å²) in [6, 6.07) is 0.755. The van der Waals surface area contributed by atoms with Gasteiger partial charge < -0.3 is 5.21 Å². The number of nitrogens with zero attached hydrogens (tertiary/aromatic N) is 4. The van der Waals surface area contributed by atoms with E-state index in [4.69, 9.17) is 0 Å². The summed E-state index contributed by atoms with van der Waals surface area (Å²) in [6.45, 7) is 0. The Morgan fingerprint density at radius 1 is 1.47 bits per heavy atom. The molecule has 7 nitrogen and oxygen atoms in total. The zero-order valence-electron chi connectivity index (χ0n) is 7.84. The van der Waals surface area contributed by atoms with E-state index < -0.39 is 33.8 Å². The van der Waals surface area contributed by atoms with E-state index in [2.05, 4.69) is 9.97 Å². The number of pyridine rings is 1. The van der Waals surface area contributed by atoms with Crippen LogP contribution in [-0.2, 0) is 6.18 Å². The van der Waals surface area contributed by atoms with Crippen molar-refractivity contribution in [2.45, 2.75) is 6.18 Å². The summed E-state index contributed by atoms with van der Waals surface area (Å²) < 4.78 is 36.8. The maximum Gasteiger partial charge on any atom is 0.453 e. The lowest BCUT2D eigenvalue weighted by molar-refractivity contribution is -0.385. The molecule has 0 aliphatic heterocycles. The van der Waals surface area contributed by atoms with Gasteiger partial charge in [-0.05, 0) is 0 Å². The van der Waals surface area contributed by atoms with Crippen molar-refractivity contribution in [3.63, 3.8) is 0 Å². The first-order valence-electron chi connectivity index (χ1n) is 4.10. The molecule has 10 heteroatoms. The van der Waals surface area contributed by atoms with Gasteiger partial charge in [0.25, 0.3) is 11.5 Å². The van der Waals surface area contributed by atoms with Crippen molar-refractivity contribution < 1.29 is 23.3 Å². The molecular weight excluding hydrogens is 245 g/mol. The summed E-state index contributed by atoms with van der Waals surface area (Å²) in [5, 5.41) is 19.6. The molecule has 0 aromatic carbocycles. The number of halogens is 3. The molecule has 17 heavy (non-hydrogen) atoms. The first-order chi connectivity index (χ1) is 7.80. The number of aromatic nitrogens is 3. The summed E-state index contributed by atoms with van der Waals surface area (Å²) in [6.07, 6.45) is -4.11. The van der Waals surface area contributed by atoms with Gasteiger partial charge >= 0.3 is 6.18 Å².